The quantitative estimate of drug-likeness (QED) is 0.756. The van der Waals surface area contributed by atoms with Crippen LogP contribution in [0.5, 0.6) is 0 Å². The average molecular weight is 244 g/mol. The highest BCUT2D eigenvalue weighted by Crippen LogP contribution is 2.33. The van der Waals surface area contributed by atoms with Crippen molar-refractivity contribution in [2.75, 3.05) is 31.4 Å². The molecule has 0 radical (unpaired) electrons. The summed E-state index contributed by atoms with van der Waals surface area (Å²) in [4.78, 5) is 13.5. The summed E-state index contributed by atoms with van der Waals surface area (Å²) < 4.78 is -0.254. The Balaban J connectivity index is 2.49. The lowest BCUT2D eigenvalue weighted by Gasteiger charge is -2.36. The maximum atomic E-state index is 11.6. The second-order valence-corrected chi connectivity index (χ2v) is 5.68. The molecule has 0 N–H and O–H groups in total. The van der Waals surface area contributed by atoms with Crippen LogP contribution in [-0.4, -0.2) is 46.9 Å². The molecule has 5 heteroatoms. The van der Waals surface area contributed by atoms with Gasteiger partial charge in [0, 0.05) is 13.1 Å². The highest BCUT2D eigenvalue weighted by molar-refractivity contribution is 8.00. The lowest BCUT2D eigenvalue weighted by atomic mass is 9.97. The summed E-state index contributed by atoms with van der Waals surface area (Å²) in [5.74, 6) is 0.758. The number of amides is 1. The minimum Gasteiger partial charge on any atom is -0.342 e. The van der Waals surface area contributed by atoms with Crippen molar-refractivity contribution >= 4 is 29.4 Å². The lowest BCUT2D eigenvalue weighted by molar-refractivity contribution is -0.129. The second kappa shape index (κ2) is 5.66. The molecule has 1 heterocycles. The van der Waals surface area contributed by atoms with E-state index in [-0.39, 0.29) is 10.7 Å². The van der Waals surface area contributed by atoms with Crippen molar-refractivity contribution in [3.8, 4) is 6.07 Å². The van der Waals surface area contributed by atoms with E-state index in [9.17, 15) is 4.79 Å². The highest BCUT2D eigenvalue weighted by atomic mass is 32.2. The molecule has 3 nitrogen and oxygen atoms in total. The minimum absolute atomic E-state index is 0.204. The molecular formula is C10H16N2OS2. The first-order valence-electron chi connectivity index (χ1n) is 4.90. The number of thioether (sulfide) groups is 2. The van der Waals surface area contributed by atoms with Gasteiger partial charge in [0.2, 0.25) is 5.91 Å². The molecule has 0 atom stereocenters. The fourth-order valence-corrected chi connectivity index (χ4v) is 2.81. The van der Waals surface area contributed by atoms with Crippen LogP contribution >= 0.6 is 23.5 Å². The Morgan fingerprint density at radius 3 is 2.47 bits per heavy atom. The smallest absolute Gasteiger partial charge is 0.232 e. The van der Waals surface area contributed by atoms with Crippen LogP contribution in [0.4, 0.5) is 0 Å². The fraction of sp³-hybridized carbons (Fsp3) is 0.800. The van der Waals surface area contributed by atoms with Gasteiger partial charge in [-0.05, 0) is 25.4 Å². The van der Waals surface area contributed by atoms with Crippen LogP contribution in [0, 0.1) is 11.3 Å². The normalized spacial score (nSPS) is 19.7. The number of nitriles is 1. The molecule has 1 fully saturated rings. The molecule has 1 saturated heterocycles. The largest absolute Gasteiger partial charge is 0.342 e. The van der Waals surface area contributed by atoms with Crippen LogP contribution in [0.25, 0.3) is 0 Å². The van der Waals surface area contributed by atoms with E-state index < -0.39 is 0 Å². The summed E-state index contributed by atoms with van der Waals surface area (Å²) >= 11 is 3.17. The van der Waals surface area contributed by atoms with E-state index in [1.807, 2.05) is 17.4 Å². The minimum atomic E-state index is -0.254. The molecular weight excluding hydrogens is 228 g/mol. The summed E-state index contributed by atoms with van der Waals surface area (Å²) in [6.07, 6.45) is 5.50. The Labute approximate surface area is 99.6 Å². The number of hydrogen-bond donors (Lipinski definition) is 0. The third-order valence-electron chi connectivity index (χ3n) is 2.79. The zero-order valence-electron chi connectivity index (χ0n) is 9.15. The first-order valence-corrected chi connectivity index (χ1v) is 7.52. The number of nitrogens with zero attached hydrogens (tertiary/aromatic N) is 2. The molecule has 1 aliphatic rings. The molecule has 0 spiro atoms. The molecule has 0 unspecified atom stereocenters. The van der Waals surface area contributed by atoms with Crippen molar-refractivity contribution in [2.24, 2.45) is 0 Å². The molecule has 15 heavy (non-hydrogen) atoms. The molecule has 0 bridgehead atoms. The van der Waals surface area contributed by atoms with E-state index >= 15 is 0 Å². The third kappa shape index (κ3) is 3.05. The standard InChI is InChI=1S/C10H16N2OS2/c1-14-7-9(13)12-5-3-10(8-11,15-2)4-6-12/h3-7H2,1-2H3. The predicted octanol–water partition coefficient (Wildman–Crippen LogP) is 1.60. The second-order valence-electron chi connectivity index (χ2n) is 3.62. The highest BCUT2D eigenvalue weighted by Gasteiger charge is 2.35. The molecule has 84 valence electrons. The van der Waals surface area contributed by atoms with Crippen molar-refractivity contribution in [1.29, 1.82) is 5.26 Å². The molecule has 1 rings (SSSR count). The molecule has 0 aromatic rings. The molecule has 0 aromatic heterocycles. The van der Waals surface area contributed by atoms with Gasteiger partial charge in [0.05, 0.1) is 11.8 Å². The van der Waals surface area contributed by atoms with Crippen LogP contribution in [0.15, 0.2) is 0 Å². The Hall–Kier alpha value is -0.340. The zero-order valence-corrected chi connectivity index (χ0v) is 10.8. The number of piperidine rings is 1. The summed E-state index contributed by atoms with van der Waals surface area (Å²) in [5, 5.41) is 9.09. The van der Waals surface area contributed by atoms with Crippen LogP contribution in [0.3, 0.4) is 0 Å². The number of carbonyl (C=O) groups excluding carboxylic acids is 1. The summed E-state index contributed by atoms with van der Waals surface area (Å²) in [7, 11) is 0. The third-order valence-corrected chi connectivity index (χ3v) is 4.60. The van der Waals surface area contributed by atoms with E-state index in [4.69, 9.17) is 5.26 Å². The van der Waals surface area contributed by atoms with Gasteiger partial charge in [-0.1, -0.05) is 0 Å². The van der Waals surface area contributed by atoms with E-state index in [0.717, 1.165) is 25.9 Å². The number of likely N-dealkylation sites (tertiary alicyclic amines) is 1. The Kier molecular flexibility index (Phi) is 4.81. The molecule has 0 aliphatic carbocycles. The van der Waals surface area contributed by atoms with E-state index in [1.54, 1.807) is 23.5 Å². The van der Waals surface area contributed by atoms with Gasteiger partial charge in [-0.3, -0.25) is 4.79 Å². The van der Waals surface area contributed by atoms with Gasteiger partial charge in [-0.15, -0.1) is 11.8 Å². The maximum Gasteiger partial charge on any atom is 0.232 e. The van der Waals surface area contributed by atoms with Crippen LogP contribution in [-0.2, 0) is 4.79 Å². The van der Waals surface area contributed by atoms with Crippen LogP contribution < -0.4 is 0 Å². The van der Waals surface area contributed by atoms with Gasteiger partial charge in [-0.2, -0.15) is 17.0 Å². The van der Waals surface area contributed by atoms with Gasteiger partial charge >= 0.3 is 0 Å². The van der Waals surface area contributed by atoms with Gasteiger partial charge in [-0.25, -0.2) is 0 Å². The molecule has 0 aromatic carbocycles. The summed E-state index contributed by atoms with van der Waals surface area (Å²) in [5.41, 5.74) is 0. The van der Waals surface area contributed by atoms with E-state index in [0.29, 0.717) is 5.75 Å². The Bertz CT molecular complexity index is 267. The van der Waals surface area contributed by atoms with Gasteiger partial charge in [0.25, 0.3) is 0 Å². The first-order chi connectivity index (χ1) is 7.17. The predicted molar refractivity (Wildman–Crippen MR) is 66.1 cm³/mol. The van der Waals surface area contributed by atoms with Crippen molar-refractivity contribution in [1.82, 2.24) is 4.90 Å². The van der Waals surface area contributed by atoms with E-state index in [2.05, 4.69) is 6.07 Å². The zero-order chi connectivity index (χ0) is 11.3. The lowest BCUT2D eigenvalue weighted by Crippen LogP contribution is -2.45. The van der Waals surface area contributed by atoms with Crippen molar-refractivity contribution in [2.45, 2.75) is 17.6 Å². The average Bonchev–Trinajstić information content (AvgIpc) is 2.29. The summed E-state index contributed by atoms with van der Waals surface area (Å²) in [6.45, 7) is 1.46. The van der Waals surface area contributed by atoms with Crippen LogP contribution in [0.1, 0.15) is 12.8 Å². The van der Waals surface area contributed by atoms with Crippen molar-refractivity contribution < 1.29 is 4.79 Å². The topological polar surface area (TPSA) is 44.1 Å². The first kappa shape index (κ1) is 12.7. The number of carbonyl (C=O) groups is 1. The Morgan fingerprint density at radius 2 is 2.07 bits per heavy atom. The molecule has 0 saturated carbocycles. The number of rotatable bonds is 3. The molecule has 1 amide bonds. The van der Waals surface area contributed by atoms with Crippen molar-refractivity contribution in [3.63, 3.8) is 0 Å². The Morgan fingerprint density at radius 1 is 1.47 bits per heavy atom. The van der Waals surface area contributed by atoms with Gasteiger partial charge in [0.1, 0.15) is 4.75 Å². The SMILES string of the molecule is CSCC(=O)N1CCC(C#N)(SC)CC1. The van der Waals surface area contributed by atoms with Crippen LogP contribution in [0.2, 0.25) is 0 Å². The summed E-state index contributed by atoms with van der Waals surface area (Å²) in [6, 6.07) is 2.38. The fourth-order valence-electron chi connectivity index (χ4n) is 1.69. The van der Waals surface area contributed by atoms with E-state index in [1.165, 1.54) is 0 Å². The van der Waals surface area contributed by atoms with Crippen molar-refractivity contribution in [3.05, 3.63) is 0 Å². The van der Waals surface area contributed by atoms with Gasteiger partial charge < -0.3 is 4.90 Å². The molecule has 1 aliphatic heterocycles. The number of hydrogen-bond acceptors (Lipinski definition) is 4. The maximum absolute atomic E-state index is 11.6. The van der Waals surface area contributed by atoms with Gasteiger partial charge in [0.15, 0.2) is 0 Å². The monoisotopic (exact) mass is 244 g/mol.